The second-order valence-corrected chi connectivity index (χ2v) is 14.8. The van der Waals surface area contributed by atoms with Crippen LogP contribution in [0.2, 0.25) is 18.1 Å². The van der Waals surface area contributed by atoms with Gasteiger partial charge in [0.1, 0.15) is 12.2 Å². The summed E-state index contributed by atoms with van der Waals surface area (Å²) in [7, 11) is -2.25. The number of nitrogens with two attached hydrogens (primary N) is 1. The number of amides is 1. The van der Waals surface area contributed by atoms with Gasteiger partial charge in [-0.3, -0.25) is 24.5 Å². The topological polar surface area (TPSA) is 157 Å². The lowest BCUT2D eigenvalue weighted by atomic mass is 10.1. The molecule has 178 valence electrons. The number of aliphatic hydroxyl groups is 1. The quantitative estimate of drug-likeness (QED) is 0.464. The standard InChI is InChI=1S/C20H34N6O5Si/c1-10(2)16(28)24-19-23-15-13(17(29)25-19)22-9-26(15)18-14(12(21)11(8-27)30-18)31-32(6,7)20(3,4)5/h9-12,14,18,27H,8,21H2,1-7H3,(H2,23,24,25,28,29)/t11-,12-,14?,18-/m1/s1. The molecule has 2 aromatic rings. The zero-order chi connectivity index (χ0) is 24.0. The van der Waals surface area contributed by atoms with Gasteiger partial charge in [-0.25, -0.2) is 4.98 Å². The third-order valence-electron chi connectivity index (χ3n) is 6.29. The lowest BCUT2D eigenvalue weighted by Gasteiger charge is -2.40. The highest BCUT2D eigenvalue weighted by Crippen LogP contribution is 2.41. The van der Waals surface area contributed by atoms with Crippen LogP contribution < -0.4 is 16.6 Å². The number of hydrogen-bond acceptors (Lipinski definition) is 8. The number of carbonyl (C=O) groups excluding carboxylic acids is 1. The van der Waals surface area contributed by atoms with Crippen LogP contribution in [0.4, 0.5) is 5.95 Å². The number of nitrogens with one attached hydrogen (secondary N) is 2. The van der Waals surface area contributed by atoms with E-state index >= 15 is 0 Å². The number of anilines is 1. The van der Waals surface area contributed by atoms with E-state index in [0.29, 0.717) is 0 Å². The lowest BCUT2D eigenvalue weighted by Crippen LogP contribution is -2.51. The van der Waals surface area contributed by atoms with Crippen LogP contribution in [-0.4, -0.2) is 63.7 Å². The van der Waals surface area contributed by atoms with Crippen LogP contribution in [0.5, 0.6) is 0 Å². The molecule has 1 saturated heterocycles. The number of ether oxygens (including phenoxy) is 1. The molecule has 3 heterocycles. The molecule has 32 heavy (non-hydrogen) atoms. The Labute approximate surface area is 187 Å². The molecule has 0 spiro atoms. The van der Waals surface area contributed by atoms with Crippen molar-refractivity contribution in [3.63, 3.8) is 0 Å². The smallest absolute Gasteiger partial charge is 0.280 e. The summed E-state index contributed by atoms with van der Waals surface area (Å²) in [5, 5.41) is 12.3. The molecule has 0 saturated carbocycles. The number of H-pyrrole nitrogens is 1. The minimum absolute atomic E-state index is 0.0193. The van der Waals surface area contributed by atoms with Gasteiger partial charge in [0.2, 0.25) is 11.9 Å². The normalized spacial score (nSPS) is 24.4. The van der Waals surface area contributed by atoms with Gasteiger partial charge in [0, 0.05) is 5.92 Å². The third-order valence-corrected chi connectivity index (χ3v) is 10.8. The first-order valence-corrected chi connectivity index (χ1v) is 13.6. The molecule has 0 aliphatic carbocycles. The van der Waals surface area contributed by atoms with E-state index in [1.807, 2.05) is 0 Å². The van der Waals surface area contributed by atoms with Crippen molar-refractivity contribution in [2.75, 3.05) is 11.9 Å². The summed E-state index contributed by atoms with van der Waals surface area (Å²) >= 11 is 0. The number of imidazole rings is 1. The second kappa shape index (κ2) is 8.67. The average Bonchev–Trinajstić information content (AvgIpc) is 3.22. The predicted molar refractivity (Wildman–Crippen MR) is 123 cm³/mol. The van der Waals surface area contributed by atoms with E-state index in [1.54, 1.807) is 18.4 Å². The van der Waals surface area contributed by atoms with Crippen molar-refractivity contribution >= 4 is 31.3 Å². The molecule has 0 bridgehead atoms. The van der Waals surface area contributed by atoms with Crippen molar-refractivity contribution < 1.29 is 19.1 Å². The molecule has 1 aliphatic heterocycles. The van der Waals surface area contributed by atoms with Crippen molar-refractivity contribution in [3.8, 4) is 0 Å². The van der Waals surface area contributed by atoms with Gasteiger partial charge in [0.25, 0.3) is 5.56 Å². The Morgan fingerprint density at radius 2 is 2.09 bits per heavy atom. The zero-order valence-corrected chi connectivity index (χ0v) is 20.7. The maximum absolute atomic E-state index is 12.6. The number of fused-ring (bicyclic) bond motifs is 1. The maximum Gasteiger partial charge on any atom is 0.280 e. The first kappa shape index (κ1) is 24.5. The molecule has 2 aromatic heterocycles. The summed E-state index contributed by atoms with van der Waals surface area (Å²) in [6, 6.07) is -0.585. The fourth-order valence-electron chi connectivity index (χ4n) is 3.22. The number of hydrogen-bond donors (Lipinski definition) is 4. The van der Waals surface area contributed by atoms with Crippen LogP contribution in [0.25, 0.3) is 11.2 Å². The summed E-state index contributed by atoms with van der Waals surface area (Å²) in [5.41, 5.74) is 6.26. The highest BCUT2D eigenvalue weighted by atomic mass is 28.4. The molecule has 3 rings (SSSR count). The van der Waals surface area contributed by atoms with E-state index < -0.39 is 38.4 Å². The fourth-order valence-corrected chi connectivity index (χ4v) is 4.53. The Morgan fingerprint density at radius 1 is 1.44 bits per heavy atom. The summed E-state index contributed by atoms with van der Waals surface area (Å²) in [6.07, 6.45) is -0.529. The first-order valence-electron chi connectivity index (χ1n) is 10.7. The minimum atomic E-state index is -2.25. The van der Waals surface area contributed by atoms with E-state index in [-0.39, 0.29) is 40.6 Å². The Bertz CT molecular complexity index is 1040. The molecule has 0 aromatic carbocycles. The van der Waals surface area contributed by atoms with Crippen molar-refractivity contribution in [3.05, 3.63) is 16.7 Å². The number of aliphatic hydroxyl groups excluding tert-OH is 1. The molecule has 5 N–H and O–H groups in total. The van der Waals surface area contributed by atoms with Gasteiger partial charge in [-0.2, -0.15) is 4.98 Å². The predicted octanol–water partition coefficient (Wildman–Crippen LogP) is 1.32. The van der Waals surface area contributed by atoms with Gasteiger partial charge >= 0.3 is 0 Å². The second-order valence-electron chi connectivity index (χ2n) is 10.1. The molecule has 1 aliphatic rings. The molecule has 1 amide bonds. The summed E-state index contributed by atoms with van der Waals surface area (Å²) in [6.45, 7) is 13.8. The van der Waals surface area contributed by atoms with E-state index in [0.717, 1.165) is 0 Å². The van der Waals surface area contributed by atoms with Crippen molar-refractivity contribution in [2.45, 2.75) is 77.2 Å². The van der Waals surface area contributed by atoms with Crippen molar-refractivity contribution in [1.82, 2.24) is 19.5 Å². The van der Waals surface area contributed by atoms with Crippen molar-refractivity contribution in [1.29, 1.82) is 0 Å². The van der Waals surface area contributed by atoms with Crippen LogP contribution in [0, 0.1) is 5.92 Å². The molecule has 1 unspecified atom stereocenters. The van der Waals surface area contributed by atoms with E-state index in [2.05, 4.69) is 54.1 Å². The maximum atomic E-state index is 12.6. The molecule has 0 radical (unpaired) electrons. The Hall–Kier alpha value is -2.12. The molecule has 12 heteroatoms. The highest BCUT2D eigenvalue weighted by molar-refractivity contribution is 6.74. The largest absolute Gasteiger partial charge is 0.408 e. The van der Waals surface area contributed by atoms with Gasteiger partial charge < -0.3 is 20.0 Å². The highest BCUT2D eigenvalue weighted by Gasteiger charge is 2.49. The van der Waals surface area contributed by atoms with Gasteiger partial charge in [-0.05, 0) is 18.1 Å². The van der Waals surface area contributed by atoms with Gasteiger partial charge in [0.05, 0.1) is 19.0 Å². The van der Waals surface area contributed by atoms with Crippen LogP contribution in [0.3, 0.4) is 0 Å². The fraction of sp³-hybridized carbons (Fsp3) is 0.700. The zero-order valence-electron chi connectivity index (χ0n) is 19.7. The summed E-state index contributed by atoms with van der Waals surface area (Å²) < 4.78 is 14.2. The monoisotopic (exact) mass is 466 g/mol. The van der Waals surface area contributed by atoms with E-state index in [4.69, 9.17) is 14.9 Å². The van der Waals surface area contributed by atoms with Crippen LogP contribution >= 0.6 is 0 Å². The van der Waals surface area contributed by atoms with Crippen molar-refractivity contribution in [2.24, 2.45) is 11.7 Å². The van der Waals surface area contributed by atoms with Crippen LogP contribution in [-0.2, 0) is 14.0 Å². The van der Waals surface area contributed by atoms with Gasteiger partial charge in [-0.1, -0.05) is 34.6 Å². The number of rotatable bonds is 6. The molecule has 4 atom stereocenters. The minimum Gasteiger partial charge on any atom is -0.408 e. The Kier molecular flexibility index (Phi) is 6.64. The number of aromatic amines is 1. The Balaban J connectivity index is 2.05. The number of nitrogens with zero attached hydrogens (tertiary/aromatic N) is 3. The Morgan fingerprint density at radius 3 is 2.66 bits per heavy atom. The molecule has 11 nitrogen and oxygen atoms in total. The number of carbonyl (C=O) groups is 1. The SMILES string of the molecule is CC(C)C(=O)Nc1nc2c(ncn2[C@@H]2O[C@H](CO)[C@@H](N)C2O[Si](C)(C)C(C)(C)C)c(=O)[nH]1. The van der Waals surface area contributed by atoms with E-state index in [9.17, 15) is 14.7 Å². The van der Waals surface area contributed by atoms with E-state index in [1.165, 1.54) is 6.33 Å². The van der Waals surface area contributed by atoms with Gasteiger partial charge in [0.15, 0.2) is 25.7 Å². The summed E-state index contributed by atoms with van der Waals surface area (Å²) in [5.74, 6) is -0.548. The molecular formula is C20H34N6O5Si. The molecular weight excluding hydrogens is 432 g/mol. The average molecular weight is 467 g/mol. The summed E-state index contributed by atoms with van der Waals surface area (Å²) in [4.78, 5) is 35.8. The van der Waals surface area contributed by atoms with Gasteiger partial charge in [-0.15, -0.1) is 0 Å². The molecule has 1 fully saturated rings. The van der Waals surface area contributed by atoms with Crippen LogP contribution in [0.15, 0.2) is 11.1 Å². The van der Waals surface area contributed by atoms with Crippen LogP contribution in [0.1, 0.15) is 40.8 Å². The first-order chi connectivity index (χ1) is 14.8. The third kappa shape index (κ3) is 4.50. The lowest BCUT2D eigenvalue weighted by molar-refractivity contribution is -0.118. The number of aromatic nitrogens is 4.